The molecule has 6 aliphatic rings. The molecule has 0 saturated carbocycles. The van der Waals surface area contributed by atoms with Gasteiger partial charge in [0.25, 0.3) is 23.6 Å². The van der Waals surface area contributed by atoms with E-state index in [1.807, 2.05) is 12.1 Å². The Bertz CT molecular complexity index is 2610. The van der Waals surface area contributed by atoms with Crippen molar-refractivity contribution in [3.63, 3.8) is 0 Å². The first-order chi connectivity index (χ1) is 34.0. The molecule has 6 heterocycles. The Balaban J connectivity index is 1.08. The highest BCUT2D eigenvalue weighted by atomic mass is 16.2. The number of anilines is 2. The first-order valence-corrected chi connectivity index (χ1v) is 26.7. The highest BCUT2D eigenvalue weighted by Gasteiger charge is 2.40. The third-order valence-corrected chi connectivity index (χ3v) is 16.7. The average molecular weight is 951 g/mol. The van der Waals surface area contributed by atoms with Crippen LogP contribution in [0.5, 0.6) is 0 Å². The number of piperazine rings is 2. The summed E-state index contributed by atoms with van der Waals surface area (Å²) < 4.78 is 0. The van der Waals surface area contributed by atoms with Gasteiger partial charge < -0.3 is 29.4 Å². The Labute approximate surface area is 413 Å². The minimum atomic E-state index is -0.228. The number of imide groups is 2. The monoisotopic (exact) mass is 951 g/mol. The van der Waals surface area contributed by atoms with Crippen molar-refractivity contribution in [3.8, 4) is 0 Å². The van der Waals surface area contributed by atoms with Gasteiger partial charge in [-0.3, -0.25) is 38.8 Å². The van der Waals surface area contributed by atoms with Gasteiger partial charge in [0.15, 0.2) is 0 Å². The molecule has 4 fully saturated rings. The second-order valence-corrected chi connectivity index (χ2v) is 21.8. The molecule has 5 aromatic rings. The fourth-order valence-electron chi connectivity index (χ4n) is 12.9. The Morgan fingerprint density at radius 1 is 0.371 bits per heavy atom. The van der Waals surface area contributed by atoms with Crippen LogP contribution in [0.1, 0.15) is 92.8 Å². The van der Waals surface area contributed by atoms with Gasteiger partial charge in [-0.25, -0.2) is 0 Å². The van der Waals surface area contributed by atoms with Crippen LogP contribution in [0.25, 0.3) is 43.1 Å². The predicted molar refractivity (Wildman–Crippen MR) is 283 cm³/mol. The molecule has 0 unspecified atom stereocenters. The maximum Gasteiger partial charge on any atom is 0.261 e. The summed E-state index contributed by atoms with van der Waals surface area (Å²) in [5.74, 6) is -0.893. The van der Waals surface area contributed by atoms with E-state index in [1.165, 1.54) is 22.6 Å². The van der Waals surface area contributed by atoms with Gasteiger partial charge in [0.2, 0.25) is 0 Å². The van der Waals surface area contributed by atoms with Crippen LogP contribution >= 0.6 is 0 Å². The van der Waals surface area contributed by atoms with Crippen molar-refractivity contribution >= 4 is 78.1 Å². The Morgan fingerprint density at radius 3 is 1.10 bits per heavy atom. The topological polar surface area (TPSA) is 101 Å². The molecular weight excluding hydrogens is 877 g/mol. The molecule has 0 aromatic heterocycles. The lowest BCUT2D eigenvalue weighted by atomic mass is 9.80. The Morgan fingerprint density at radius 2 is 0.729 bits per heavy atom. The number of hydrogen-bond donors (Lipinski definition) is 0. The van der Waals surface area contributed by atoms with E-state index in [0.29, 0.717) is 48.4 Å². The van der Waals surface area contributed by atoms with Gasteiger partial charge >= 0.3 is 0 Å². The smallest absolute Gasteiger partial charge is 0.261 e. The third kappa shape index (κ3) is 8.70. The molecule has 372 valence electrons. The molecule has 14 nitrogen and oxygen atoms in total. The first-order valence-electron chi connectivity index (χ1n) is 26.7. The number of carbonyl (C=O) groups is 4. The number of rotatable bonds is 16. The van der Waals surface area contributed by atoms with Crippen molar-refractivity contribution in [2.75, 3.05) is 169 Å². The molecule has 0 radical (unpaired) electrons. The predicted octanol–water partition coefficient (Wildman–Crippen LogP) is 6.05. The standard InChI is InChI=1S/C56H74N10O4/c1-57(2)17-11-23-61-25-31-63(32-26-61)45-37-43-47-41(53(67)65(55(43)69)35-29-59-19-7-5-8-20-59)16-14-40-50-46(64-33-27-62(28-34-64)24-12-18-58(3)4)38-44-48-42(15-13-39(52(48)50)49(45)51(40)47)54(68)66(56(44)70)36-30-60-21-9-6-10-22-60/h13-16,37-38H,5-12,17-36H2,1-4H3. The first kappa shape index (κ1) is 47.4. The van der Waals surface area contributed by atoms with Gasteiger partial charge in [-0.05, 0) is 154 Å². The van der Waals surface area contributed by atoms with Crippen LogP contribution in [-0.4, -0.2) is 222 Å². The van der Waals surface area contributed by atoms with Gasteiger partial charge in [-0.15, -0.1) is 0 Å². The minimum absolute atomic E-state index is 0.218. The van der Waals surface area contributed by atoms with E-state index in [4.69, 9.17) is 0 Å². The number of benzene rings is 5. The zero-order chi connectivity index (χ0) is 48.2. The number of amides is 4. The molecule has 11 rings (SSSR count). The second-order valence-electron chi connectivity index (χ2n) is 21.8. The summed E-state index contributed by atoms with van der Waals surface area (Å²) in [5, 5.41) is 7.27. The number of nitrogens with zero attached hydrogens (tertiary/aromatic N) is 10. The van der Waals surface area contributed by atoms with Gasteiger partial charge in [0.1, 0.15) is 0 Å². The third-order valence-electron chi connectivity index (χ3n) is 16.7. The van der Waals surface area contributed by atoms with Crippen molar-refractivity contribution in [2.45, 2.75) is 51.4 Å². The number of carbonyl (C=O) groups excluding carboxylic acids is 4. The molecule has 0 spiro atoms. The van der Waals surface area contributed by atoms with E-state index in [1.54, 1.807) is 0 Å². The van der Waals surface area contributed by atoms with E-state index < -0.39 is 0 Å². The van der Waals surface area contributed by atoms with E-state index in [-0.39, 0.29) is 23.6 Å². The van der Waals surface area contributed by atoms with Crippen molar-refractivity contribution in [3.05, 3.63) is 58.7 Å². The molecule has 0 N–H and O–H groups in total. The summed E-state index contributed by atoms with van der Waals surface area (Å²) in [4.78, 5) is 82.2. The number of piperidine rings is 2. The zero-order valence-corrected chi connectivity index (χ0v) is 42.4. The van der Waals surface area contributed by atoms with E-state index >= 15 is 9.59 Å². The quantitative estimate of drug-likeness (QED) is 0.0655. The van der Waals surface area contributed by atoms with Crippen molar-refractivity contribution in [1.82, 2.24) is 39.2 Å². The molecule has 5 aromatic carbocycles. The molecule has 0 atom stereocenters. The number of fused-ring (bicyclic) bond motifs is 2. The minimum Gasteiger partial charge on any atom is -0.368 e. The summed E-state index contributed by atoms with van der Waals surface area (Å²) >= 11 is 0. The number of hydrogen-bond acceptors (Lipinski definition) is 12. The largest absolute Gasteiger partial charge is 0.368 e. The van der Waals surface area contributed by atoms with Crippen molar-refractivity contribution < 1.29 is 19.2 Å². The van der Waals surface area contributed by atoms with Crippen LogP contribution in [0.4, 0.5) is 11.4 Å². The lowest BCUT2D eigenvalue weighted by molar-refractivity contribution is 0.0573. The van der Waals surface area contributed by atoms with Gasteiger partial charge in [-0.2, -0.15) is 0 Å². The van der Waals surface area contributed by atoms with E-state index in [0.717, 1.165) is 198 Å². The maximum absolute atomic E-state index is 15.1. The molecule has 4 saturated heterocycles. The Hall–Kier alpha value is -4.96. The molecule has 4 amide bonds. The SMILES string of the molecule is CN(C)CCCN1CCN(c2cc3c4c(ccc5c6c(N7CCN(CCCN(C)C)CC7)cc7c8c(ccc(c2c45)c86)C(=O)N(CCN2CCCCC2)C7=O)C(=O)N(CCN2CCCCC2)C3=O)CC1. The molecule has 0 bridgehead atoms. The van der Waals surface area contributed by atoms with Crippen LogP contribution < -0.4 is 9.80 Å². The normalized spacial score (nSPS) is 20.4. The highest BCUT2D eigenvalue weighted by Crippen LogP contribution is 2.52. The van der Waals surface area contributed by atoms with Crippen LogP contribution in [0.3, 0.4) is 0 Å². The molecule has 6 aliphatic heterocycles. The summed E-state index contributed by atoms with van der Waals surface area (Å²) in [7, 11) is 8.51. The maximum atomic E-state index is 15.1. The van der Waals surface area contributed by atoms with Crippen molar-refractivity contribution in [2.24, 2.45) is 0 Å². The van der Waals surface area contributed by atoms with Gasteiger partial charge in [0.05, 0.1) is 11.1 Å². The van der Waals surface area contributed by atoms with E-state index in [9.17, 15) is 9.59 Å². The van der Waals surface area contributed by atoms with Crippen LogP contribution in [0.2, 0.25) is 0 Å². The van der Waals surface area contributed by atoms with Crippen LogP contribution in [0.15, 0.2) is 36.4 Å². The molecule has 0 aliphatic carbocycles. The summed E-state index contributed by atoms with van der Waals surface area (Å²) in [5.41, 5.74) is 4.30. The molecule has 14 heteroatoms. The fourth-order valence-corrected chi connectivity index (χ4v) is 12.9. The Kier molecular flexibility index (Phi) is 13.5. The van der Waals surface area contributed by atoms with E-state index in [2.05, 4.69) is 91.7 Å². The highest BCUT2D eigenvalue weighted by molar-refractivity contribution is 6.44. The average Bonchev–Trinajstić information content (AvgIpc) is 3.37. The van der Waals surface area contributed by atoms with Crippen LogP contribution in [-0.2, 0) is 0 Å². The van der Waals surface area contributed by atoms with Crippen molar-refractivity contribution in [1.29, 1.82) is 0 Å². The summed E-state index contributed by atoms with van der Waals surface area (Å²) in [6.45, 7) is 17.0. The fraction of sp³-hybridized carbons (Fsp3) is 0.571. The number of likely N-dealkylation sites (tertiary alicyclic amines) is 2. The lowest BCUT2D eigenvalue weighted by Crippen LogP contribution is -2.48. The summed E-state index contributed by atoms with van der Waals surface area (Å²) in [6.07, 6.45) is 9.24. The summed E-state index contributed by atoms with van der Waals surface area (Å²) in [6, 6.07) is 12.4. The lowest BCUT2D eigenvalue weighted by Gasteiger charge is -2.39. The van der Waals surface area contributed by atoms with Crippen LogP contribution in [0, 0.1) is 0 Å². The molecular formula is C56H74N10O4. The zero-order valence-electron chi connectivity index (χ0n) is 42.4. The van der Waals surface area contributed by atoms with Gasteiger partial charge in [0, 0.05) is 133 Å². The second kappa shape index (κ2) is 19.9. The van der Waals surface area contributed by atoms with Gasteiger partial charge in [-0.1, -0.05) is 25.0 Å². The molecule has 70 heavy (non-hydrogen) atoms.